The fourth-order valence-corrected chi connectivity index (χ4v) is 2.14. The molecule has 6 nitrogen and oxygen atoms in total. The van der Waals surface area contributed by atoms with Crippen molar-refractivity contribution in [3.05, 3.63) is 53.7 Å². The van der Waals surface area contributed by atoms with Crippen LogP contribution in [0.2, 0.25) is 0 Å². The van der Waals surface area contributed by atoms with Crippen molar-refractivity contribution < 1.29 is 9.47 Å². The second-order valence-electron chi connectivity index (χ2n) is 5.11. The molecule has 6 heteroatoms. The lowest BCUT2D eigenvalue weighted by Crippen LogP contribution is -2.36. The van der Waals surface area contributed by atoms with E-state index in [2.05, 4.69) is 20.6 Å². The van der Waals surface area contributed by atoms with Crippen molar-refractivity contribution in [2.24, 2.45) is 4.99 Å². The second-order valence-corrected chi connectivity index (χ2v) is 5.11. The number of hydrogen-bond donors (Lipinski definition) is 2. The minimum absolute atomic E-state index is 0.576. The van der Waals surface area contributed by atoms with Gasteiger partial charge in [-0.1, -0.05) is 12.1 Å². The van der Waals surface area contributed by atoms with E-state index in [0.717, 1.165) is 29.4 Å². The van der Waals surface area contributed by atoms with Crippen LogP contribution in [0.3, 0.4) is 0 Å². The van der Waals surface area contributed by atoms with Crippen molar-refractivity contribution in [3.8, 4) is 11.6 Å². The number of aliphatic imine (C=N–C) groups is 1. The molecule has 2 rings (SSSR count). The van der Waals surface area contributed by atoms with E-state index in [4.69, 9.17) is 9.47 Å². The zero-order valence-electron chi connectivity index (χ0n) is 14.4. The molecule has 0 saturated carbocycles. The standard InChI is InChI=1S/C18H24N4O2/c1-4-19-18(21-12-14-6-5-7-16(10-14)23-2)22-13-15-8-9-20-17(11-15)24-3/h5-11H,4,12-13H2,1-3H3,(H2,19,21,22). The van der Waals surface area contributed by atoms with Crippen LogP contribution < -0.4 is 20.1 Å². The maximum atomic E-state index is 5.24. The van der Waals surface area contributed by atoms with Gasteiger partial charge in [0.1, 0.15) is 5.75 Å². The molecule has 0 atom stereocenters. The minimum Gasteiger partial charge on any atom is -0.497 e. The van der Waals surface area contributed by atoms with Crippen molar-refractivity contribution in [1.82, 2.24) is 15.6 Å². The molecule has 0 spiro atoms. The molecule has 0 aliphatic carbocycles. The molecule has 1 heterocycles. The van der Waals surface area contributed by atoms with E-state index in [1.54, 1.807) is 20.4 Å². The topological polar surface area (TPSA) is 67.8 Å². The van der Waals surface area contributed by atoms with Crippen LogP contribution in [0, 0.1) is 0 Å². The second kappa shape index (κ2) is 9.39. The third-order valence-corrected chi connectivity index (χ3v) is 3.37. The fraction of sp³-hybridized carbons (Fsp3) is 0.333. The monoisotopic (exact) mass is 328 g/mol. The van der Waals surface area contributed by atoms with Gasteiger partial charge in [-0.15, -0.1) is 0 Å². The lowest BCUT2D eigenvalue weighted by Gasteiger charge is -2.12. The summed E-state index contributed by atoms with van der Waals surface area (Å²) in [6.07, 6.45) is 1.73. The largest absolute Gasteiger partial charge is 0.497 e. The van der Waals surface area contributed by atoms with E-state index in [-0.39, 0.29) is 0 Å². The lowest BCUT2D eigenvalue weighted by molar-refractivity contribution is 0.397. The molecule has 0 aliphatic rings. The minimum atomic E-state index is 0.576. The van der Waals surface area contributed by atoms with E-state index in [0.29, 0.717) is 19.0 Å². The summed E-state index contributed by atoms with van der Waals surface area (Å²) in [6.45, 7) is 4.05. The van der Waals surface area contributed by atoms with Crippen LogP contribution >= 0.6 is 0 Å². The van der Waals surface area contributed by atoms with Crippen molar-refractivity contribution >= 4 is 5.96 Å². The Bertz CT molecular complexity index is 674. The number of hydrogen-bond acceptors (Lipinski definition) is 4. The van der Waals surface area contributed by atoms with E-state index in [9.17, 15) is 0 Å². The number of nitrogens with zero attached hydrogens (tertiary/aromatic N) is 2. The molecule has 0 radical (unpaired) electrons. The Kier molecular flexibility index (Phi) is 6.89. The molecule has 128 valence electrons. The molecule has 0 aliphatic heterocycles. The Morgan fingerprint density at radius 2 is 1.96 bits per heavy atom. The van der Waals surface area contributed by atoms with Crippen LogP contribution in [0.1, 0.15) is 18.1 Å². The number of ether oxygens (including phenoxy) is 2. The Morgan fingerprint density at radius 3 is 2.71 bits per heavy atom. The summed E-state index contributed by atoms with van der Waals surface area (Å²) in [4.78, 5) is 8.71. The molecule has 0 amide bonds. The van der Waals surface area contributed by atoms with Crippen LogP contribution in [-0.4, -0.2) is 31.7 Å². The van der Waals surface area contributed by atoms with Crippen LogP contribution in [0.5, 0.6) is 11.6 Å². The maximum absolute atomic E-state index is 5.24. The van der Waals surface area contributed by atoms with Gasteiger partial charge in [0, 0.05) is 25.4 Å². The summed E-state index contributed by atoms with van der Waals surface area (Å²) in [5.41, 5.74) is 2.17. The Labute approximate surface area is 142 Å². The number of nitrogens with one attached hydrogen (secondary N) is 2. The number of guanidine groups is 1. The van der Waals surface area contributed by atoms with Gasteiger partial charge in [0.15, 0.2) is 5.96 Å². The molecule has 0 bridgehead atoms. The lowest BCUT2D eigenvalue weighted by atomic mass is 10.2. The highest BCUT2D eigenvalue weighted by Gasteiger charge is 2.01. The van der Waals surface area contributed by atoms with Crippen molar-refractivity contribution in [1.29, 1.82) is 0 Å². The highest BCUT2D eigenvalue weighted by molar-refractivity contribution is 5.79. The molecular weight excluding hydrogens is 304 g/mol. The summed E-state index contributed by atoms with van der Waals surface area (Å²) in [5.74, 6) is 2.20. The highest BCUT2D eigenvalue weighted by atomic mass is 16.5. The maximum Gasteiger partial charge on any atom is 0.213 e. The number of rotatable bonds is 7. The van der Waals surface area contributed by atoms with Crippen LogP contribution in [0.4, 0.5) is 0 Å². The highest BCUT2D eigenvalue weighted by Crippen LogP contribution is 2.13. The van der Waals surface area contributed by atoms with Crippen LogP contribution in [-0.2, 0) is 13.1 Å². The molecule has 2 aromatic rings. The van der Waals surface area contributed by atoms with Crippen molar-refractivity contribution in [2.45, 2.75) is 20.0 Å². The Hall–Kier alpha value is -2.76. The van der Waals surface area contributed by atoms with Gasteiger partial charge in [-0.25, -0.2) is 9.98 Å². The first-order chi connectivity index (χ1) is 11.7. The third kappa shape index (κ3) is 5.46. The number of benzene rings is 1. The van der Waals surface area contributed by atoms with Crippen LogP contribution in [0.25, 0.3) is 0 Å². The van der Waals surface area contributed by atoms with Gasteiger partial charge in [-0.3, -0.25) is 0 Å². The predicted octanol–water partition coefficient (Wildman–Crippen LogP) is 2.35. The molecule has 0 fully saturated rings. The summed E-state index contributed by atoms with van der Waals surface area (Å²) < 4.78 is 10.4. The first kappa shape index (κ1) is 17.6. The van der Waals surface area contributed by atoms with Gasteiger partial charge in [-0.2, -0.15) is 0 Å². The molecule has 1 aromatic carbocycles. The quantitative estimate of drug-likeness (QED) is 0.603. The van der Waals surface area contributed by atoms with Gasteiger partial charge in [-0.05, 0) is 36.2 Å². The smallest absolute Gasteiger partial charge is 0.213 e. The predicted molar refractivity (Wildman–Crippen MR) is 95.4 cm³/mol. The summed E-state index contributed by atoms with van der Waals surface area (Å²) in [6, 6.07) is 11.8. The first-order valence-corrected chi connectivity index (χ1v) is 7.89. The molecule has 0 saturated heterocycles. The van der Waals surface area contributed by atoms with E-state index >= 15 is 0 Å². The normalized spacial score (nSPS) is 11.0. The average molecular weight is 328 g/mol. The summed E-state index contributed by atoms with van der Waals surface area (Å²) in [7, 11) is 3.27. The van der Waals surface area contributed by atoms with Crippen molar-refractivity contribution in [3.63, 3.8) is 0 Å². The Morgan fingerprint density at radius 1 is 1.08 bits per heavy atom. The molecular formula is C18H24N4O2. The molecule has 2 N–H and O–H groups in total. The van der Waals surface area contributed by atoms with Gasteiger partial charge in [0.2, 0.25) is 5.88 Å². The van der Waals surface area contributed by atoms with Gasteiger partial charge in [0.25, 0.3) is 0 Å². The third-order valence-electron chi connectivity index (χ3n) is 3.37. The van der Waals surface area contributed by atoms with E-state index in [1.165, 1.54) is 0 Å². The zero-order chi connectivity index (χ0) is 17.2. The average Bonchev–Trinajstić information content (AvgIpc) is 2.64. The van der Waals surface area contributed by atoms with Gasteiger partial charge in [0.05, 0.1) is 20.8 Å². The zero-order valence-corrected chi connectivity index (χ0v) is 14.4. The van der Waals surface area contributed by atoms with Crippen molar-refractivity contribution in [2.75, 3.05) is 20.8 Å². The number of aromatic nitrogens is 1. The molecule has 24 heavy (non-hydrogen) atoms. The van der Waals surface area contributed by atoms with E-state index in [1.807, 2.05) is 43.3 Å². The number of methoxy groups -OCH3 is 2. The fourth-order valence-electron chi connectivity index (χ4n) is 2.14. The van der Waals surface area contributed by atoms with Crippen LogP contribution in [0.15, 0.2) is 47.6 Å². The summed E-state index contributed by atoms with van der Waals surface area (Å²) >= 11 is 0. The first-order valence-electron chi connectivity index (χ1n) is 7.89. The van der Waals surface area contributed by atoms with E-state index < -0.39 is 0 Å². The SMILES string of the molecule is CCNC(=NCc1cccc(OC)c1)NCc1ccnc(OC)c1. The van der Waals surface area contributed by atoms with Gasteiger partial charge >= 0.3 is 0 Å². The molecule has 0 unspecified atom stereocenters. The van der Waals surface area contributed by atoms with Gasteiger partial charge < -0.3 is 20.1 Å². The molecule has 1 aromatic heterocycles. The summed E-state index contributed by atoms with van der Waals surface area (Å²) in [5, 5.41) is 6.55. The number of pyridine rings is 1. The Balaban J connectivity index is 1.99.